The molecule has 0 amide bonds. The van der Waals surface area contributed by atoms with Crippen molar-refractivity contribution in [1.29, 1.82) is 0 Å². The average Bonchev–Trinajstić information content (AvgIpc) is 2.22. The third kappa shape index (κ3) is 7.18. The molecule has 0 aromatic heterocycles. The Morgan fingerprint density at radius 1 is 1.07 bits per heavy atom. The van der Waals surface area contributed by atoms with E-state index in [1.807, 2.05) is 6.08 Å². The molecule has 0 spiro atoms. The molecule has 0 heteroatoms. The minimum atomic E-state index is 1.05. The first-order valence-electron chi connectivity index (χ1n) is 5.99. The van der Waals surface area contributed by atoms with E-state index in [9.17, 15) is 0 Å². The maximum Gasteiger partial charge on any atom is -0.0142 e. The summed E-state index contributed by atoms with van der Waals surface area (Å²) in [6, 6.07) is 0. The molecule has 0 fully saturated rings. The van der Waals surface area contributed by atoms with Crippen LogP contribution in [-0.2, 0) is 0 Å². The summed E-state index contributed by atoms with van der Waals surface area (Å²) in [7, 11) is 0. The number of unbranched alkanes of at least 4 members (excludes halogenated alkanes) is 1. The number of rotatable bonds is 7. The molecule has 0 unspecified atom stereocenters. The Morgan fingerprint density at radius 2 is 1.67 bits per heavy atom. The molecule has 0 atom stereocenters. The lowest BCUT2D eigenvalue weighted by Gasteiger charge is -2.06. The Morgan fingerprint density at radius 3 is 2.13 bits per heavy atom. The van der Waals surface area contributed by atoms with Gasteiger partial charge in [0.05, 0.1) is 0 Å². The molecule has 0 radical (unpaired) electrons. The maximum atomic E-state index is 3.78. The van der Waals surface area contributed by atoms with E-state index in [1.165, 1.54) is 36.8 Å². The third-order valence-electron chi connectivity index (χ3n) is 2.97. The second kappa shape index (κ2) is 8.52. The molecule has 0 rings (SSSR count). The highest BCUT2D eigenvalue weighted by molar-refractivity contribution is 5.07. The summed E-state index contributed by atoms with van der Waals surface area (Å²) >= 11 is 0. The van der Waals surface area contributed by atoms with Crippen LogP contribution in [0.4, 0.5) is 0 Å². The standard InChI is InChI=1S/C15H26/c1-6-10-15(7-2)12-9-8-11-14(5)13(3)4/h6-7H,1,8-12H2,2-5H3. The summed E-state index contributed by atoms with van der Waals surface area (Å²) in [5.74, 6) is 0. The van der Waals surface area contributed by atoms with Gasteiger partial charge in [-0.2, -0.15) is 0 Å². The molecule has 86 valence electrons. The summed E-state index contributed by atoms with van der Waals surface area (Å²) in [5.41, 5.74) is 4.56. The molecule has 0 heterocycles. The van der Waals surface area contributed by atoms with Crippen LogP contribution in [0.25, 0.3) is 0 Å². The Bertz CT molecular complexity index is 237. The second-order valence-corrected chi connectivity index (χ2v) is 4.43. The van der Waals surface area contributed by atoms with E-state index in [0.717, 1.165) is 6.42 Å². The van der Waals surface area contributed by atoms with E-state index >= 15 is 0 Å². The van der Waals surface area contributed by atoms with Crippen molar-refractivity contribution in [3.63, 3.8) is 0 Å². The van der Waals surface area contributed by atoms with Crippen molar-refractivity contribution in [1.82, 2.24) is 0 Å². The highest BCUT2D eigenvalue weighted by atomic mass is 14.0. The van der Waals surface area contributed by atoms with Crippen molar-refractivity contribution in [2.24, 2.45) is 0 Å². The molecule has 0 nitrogen and oxygen atoms in total. The van der Waals surface area contributed by atoms with Crippen molar-refractivity contribution >= 4 is 0 Å². The quantitative estimate of drug-likeness (QED) is 0.385. The fraction of sp³-hybridized carbons (Fsp3) is 0.600. The molecule has 0 saturated heterocycles. The molecule has 0 aromatic carbocycles. The fourth-order valence-electron chi connectivity index (χ4n) is 1.54. The summed E-state index contributed by atoms with van der Waals surface area (Å²) in [4.78, 5) is 0. The summed E-state index contributed by atoms with van der Waals surface area (Å²) in [5, 5.41) is 0. The first-order chi connectivity index (χ1) is 7.11. The first-order valence-corrected chi connectivity index (χ1v) is 5.99. The molecule has 0 saturated carbocycles. The largest absolute Gasteiger partial charge is 0.103 e. The number of hydrogen-bond donors (Lipinski definition) is 0. The van der Waals surface area contributed by atoms with Crippen molar-refractivity contribution in [3.05, 3.63) is 35.5 Å². The summed E-state index contributed by atoms with van der Waals surface area (Å²) in [6.07, 6.45) is 10.4. The Kier molecular flexibility index (Phi) is 8.08. The molecular formula is C15H26. The summed E-state index contributed by atoms with van der Waals surface area (Å²) < 4.78 is 0. The third-order valence-corrected chi connectivity index (χ3v) is 2.97. The van der Waals surface area contributed by atoms with Crippen molar-refractivity contribution in [3.8, 4) is 0 Å². The van der Waals surface area contributed by atoms with Crippen LogP contribution in [0.5, 0.6) is 0 Å². The molecule has 0 aromatic rings. The first kappa shape index (κ1) is 14.2. The number of hydrogen-bond acceptors (Lipinski definition) is 0. The van der Waals surface area contributed by atoms with Crippen LogP contribution in [-0.4, -0.2) is 0 Å². The van der Waals surface area contributed by atoms with E-state index in [-0.39, 0.29) is 0 Å². The van der Waals surface area contributed by atoms with Crippen LogP contribution in [0.15, 0.2) is 35.5 Å². The van der Waals surface area contributed by atoms with Gasteiger partial charge in [0.25, 0.3) is 0 Å². The minimum Gasteiger partial charge on any atom is -0.103 e. The van der Waals surface area contributed by atoms with Crippen LogP contribution in [0.1, 0.15) is 59.8 Å². The summed E-state index contributed by atoms with van der Waals surface area (Å²) in [6.45, 7) is 12.5. The van der Waals surface area contributed by atoms with Gasteiger partial charge in [-0.25, -0.2) is 0 Å². The predicted molar refractivity (Wildman–Crippen MR) is 71.1 cm³/mol. The Labute approximate surface area is 95.8 Å². The predicted octanol–water partition coefficient (Wildman–Crippen LogP) is 5.43. The fourth-order valence-corrected chi connectivity index (χ4v) is 1.54. The lowest BCUT2D eigenvalue weighted by molar-refractivity contribution is 0.714. The Hall–Kier alpha value is -0.780. The molecular weight excluding hydrogens is 180 g/mol. The highest BCUT2D eigenvalue weighted by Crippen LogP contribution is 2.16. The molecule has 0 N–H and O–H groups in total. The van der Waals surface area contributed by atoms with E-state index in [4.69, 9.17) is 0 Å². The van der Waals surface area contributed by atoms with E-state index in [0.29, 0.717) is 0 Å². The molecule has 15 heavy (non-hydrogen) atoms. The smallest absolute Gasteiger partial charge is 0.0142 e. The van der Waals surface area contributed by atoms with Gasteiger partial charge in [-0.05, 0) is 59.8 Å². The van der Waals surface area contributed by atoms with E-state index < -0.39 is 0 Å². The normalized spacial score (nSPS) is 11.3. The van der Waals surface area contributed by atoms with Crippen molar-refractivity contribution in [2.45, 2.75) is 59.8 Å². The molecule has 0 bridgehead atoms. The van der Waals surface area contributed by atoms with Crippen LogP contribution in [0.2, 0.25) is 0 Å². The average molecular weight is 206 g/mol. The van der Waals surface area contributed by atoms with Crippen molar-refractivity contribution < 1.29 is 0 Å². The highest BCUT2D eigenvalue weighted by Gasteiger charge is 1.96. The second-order valence-electron chi connectivity index (χ2n) is 4.43. The zero-order valence-electron chi connectivity index (χ0n) is 10.9. The molecule has 0 aliphatic carbocycles. The van der Waals surface area contributed by atoms with E-state index in [1.54, 1.807) is 5.57 Å². The molecule has 0 aliphatic rings. The van der Waals surface area contributed by atoms with Crippen LogP contribution >= 0.6 is 0 Å². The van der Waals surface area contributed by atoms with Gasteiger partial charge in [0.2, 0.25) is 0 Å². The van der Waals surface area contributed by atoms with Gasteiger partial charge < -0.3 is 0 Å². The zero-order chi connectivity index (χ0) is 11.7. The van der Waals surface area contributed by atoms with Gasteiger partial charge in [-0.3, -0.25) is 0 Å². The number of allylic oxidation sites excluding steroid dienone is 5. The lowest BCUT2D eigenvalue weighted by atomic mass is 10.0. The van der Waals surface area contributed by atoms with Gasteiger partial charge in [0, 0.05) is 0 Å². The zero-order valence-corrected chi connectivity index (χ0v) is 10.9. The maximum absolute atomic E-state index is 3.78. The van der Waals surface area contributed by atoms with Gasteiger partial charge in [-0.1, -0.05) is 28.9 Å². The van der Waals surface area contributed by atoms with Gasteiger partial charge in [-0.15, -0.1) is 6.58 Å². The van der Waals surface area contributed by atoms with Gasteiger partial charge >= 0.3 is 0 Å². The van der Waals surface area contributed by atoms with Crippen LogP contribution in [0, 0.1) is 0 Å². The van der Waals surface area contributed by atoms with Crippen LogP contribution in [0.3, 0.4) is 0 Å². The lowest BCUT2D eigenvalue weighted by Crippen LogP contribution is -1.86. The van der Waals surface area contributed by atoms with E-state index in [2.05, 4.69) is 40.3 Å². The topological polar surface area (TPSA) is 0 Å². The SMILES string of the molecule is C=CCC(=CC)CCCCC(C)=C(C)C. The molecule has 0 aliphatic heterocycles. The van der Waals surface area contributed by atoms with Crippen LogP contribution < -0.4 is 0 Å². The van der Waals surface area contributed by atoms with Gasteiger partial charge in [0.1, 0.15) is 0 Å². The minimum absolute atomic E-state index is 1.05. The Balaban J connectivity index is 3.71. The van der Waals surface area contributed by atoms with Crippen molar-refractivity contribution in [2.75, 3.05) is 0 Å². The van der Waals surface area contributed by atoms with Gasteiger partial charge in [0.15, 0.2) is 0 Å². The monoisotopic (exact) mass is 206 g/mol.